The van der Waals surface area contributed by atoms with E-state index in [9.17, 15) is 4.79 Å². The number of para-hydroxylation sites is 2. The molecule has 0 bridgehead atoms. The lowest BCUT2D eigenvalue weighted by Crippen LogP contribution is -2.24. The molecule has 1 aliphatic heterocycles. The third-order valence-electron chi connectivity index (χ3n) is 4.23. The lowest BCUT2D eigenvalue weighted by atomic mass is 9.95. The molecule has 0 saturated carbocycles. The highest BCUT2D eigenvalue weighted by Crippen LogP contribution is 2.42. The highest BCUT2D eigenvalue weighted by Gasteiger charge is 2.37. The van der Waals surface area contributed by atoms with Gasteiger partial charge in [-0.05, 0) is 35.9 Å². The van der Waals surface area contributed by atoms with Gasteiger partial charge in [0.25, 0.3) is 0 Å². The van der Waals surface area contributed by atoms with Crippen LogP contribution >= 0.6 is 24.8 Å². The molecule has 25 heavy (non-hydrogen) atoms. The topological polar surface area (TPSA) is 33.2 Å². The van der Waals surface area contributed by atoms with E-state index < -0.39 is 0 Å². The molecule has 1 aromatic heterocycles. The van der Waals surface area contributed by atoms with Gasteiger partial charge in [0.05, 0.1) is 11.6 Å². The fourth-order valence-corrected chi connectivity index (χ4v) is 3.16. The van der Waals surface area contributed by atoms with Crippen LogP contribution in [0.5, 0.6) is 0 Å². The van der Waals surface area contributed by atoms with Crippen molar-refractivity contribution in [1.29, 1.82) is 0 Å². The Balaban J connectivity index is 0.00000113. The van der Waals surface area contributed by atoms with Crippen LogP contribution in [0.4, 0.5) is 11.4 Å². The van der Waals surface area contributed by atoms with Crippen LogP contribution in [0.3, 0.4) is 0 Å². The molecular weight excluding hydrogens is 355 g/mol. The van der Waals surface area contributed by atoms with Crippen molar-refractivity contribution in [3.05, 3.63) is 90.3 Å². The number of carbonyl (C=O) groups excluding carboxylic acids is 1. The van der Waals surface area contributed by atoms with E-state index >= 15 is 0 Å². The number of amides is 1. The number of hydrogen-bond donors (Lipinski definition) is 0. The van der Waals surface area contributed by atoms with Crippen molar-refractivity contribution in [2.45, 2.75) is 12.3 Å². The van der Waals surface area contributed by atoms with Crippen LogP contribution < -0.4 is 4.90 Å². The maximum Gasteiger partial charge on any atom is 0.239 e. The van der Waals surface area contributed by atoms with Crippen molar-refractivity contribution in [3.8, 4) is 0 Å². The average molecular weight is 373 g/mol. The number of carbonyl (C=O) groups is 1. The molecule has 1 aliphatic rings. The number of rotatable bonds is 3. The SMILES string of the molecule is Cl.Cl.O=C1C(Cc2ccccn2)c2ccccc2N1c1ccccc1. The second kappa shape index (κ2) is 8.15. The first-order chi connectivity index (χ1) is 11.3. The Morgan fingerprint density at radius 2 is 1.52 bits per heavy atom. The molecule has 1 unspecified atom stereocenters. The van der Waals surface area contributed by atoms with Gasteiger partial charge in [-0.2, -0.15) is 0 Å². The molecule has 0 radical (unpaired) electrons. The van der Waals surface area contributed by atoms with Gasteiger partial charge in [0.1, 0.15) is 0 Å². The molecule has 3 aromatic rings. The fourth-order valence-electron chi connectivity index (χ4n) is 3.16. The highest BCUT2D eigenvalue weighted by molar-refractivity contribution is 6.10. The third kappa shape index (κ3) is 3.53. The zero-order valence-corrected chi connectivity index (χ0v) is 15.0. The van der Waals surface area contributed by atoms with E-state index in [1.54, 1.807) is 6.20 Å². The summed E-state index contributed by atoms with van der Waals surface area (Å²) in [6.45, 7) is 0. The minimum atomic E-state index is -0.179. The van der Waals surface area contributed by atoms with Crippen molar-refractivity contribution in [1.82, 2.24) is 4.98 Å². The molecule has 0 aliphatic carbocycles. The second-order valence-corrected chi connectivity index (χ2v) is 5.65. The monoisotopic (exact) mass is 372 g/mol. The lowest BCUT2D eigenvalue weighted by molar-refractivity contribution is -0.118. The number of benzene rings is 2. The Labute approximate surface area is 159 Å². The number of halogens is 2. The van der Waals surface area contributed by atoms with Crippen molar-refractivity contribution in [3.63, 3.8) is 0 Å². The molecule has 3 nitrogen and oxygen atoms in total. The normalized spacial score (nSPS) is 15.1. The number of nitrogens with zero attached hydrogens (tertiary/aromatic N) is 2. The highest BCUT2D eigenvalue weighted by atomic mass is 35.5. The van der Waals surface area contributed by atoms with E-state index in [-0.39, 0.29) is 36.6 Å². The van der Waals surface area contributed by atoms with Gasteiger partial charge in [0.2, 0.25) is 5.91 Å². The molecule has 2 heterocycles. The number of pyridine rings is 1. The molecule has 1 atom stereocenters. The predicted octanol–water partition coefficient (Wildman–Crippen LogP) is 4.93. The number of fused-ring (bicyclic) bond motifs is 1. The maximum absolute atomic E-state index is 13.1. The molecule has 0 saturated heterocycles. The number of aromatic nitrogens is 1. The van der Waals surface area contributed by atoms with Crippen molar-refractivity contribution >= 4 is 42.1 Å². The van der Waals surface area contributed by atoms with Gasteiger partial charge < -0.3 is 0 Å². The summed E-state index contributed by atoms with van der Waals surface area (Å²) in [6.07, 6.45) is 2.40. The molecular formula is C20H18Cl2N2O. The quantitative estimate of drug-likeness (QED) is 0.652. The van der Waals surface area contributed by atoms with E-state index in [0.717, 1.165) is 22.6 Å². The Hall–Kier alpha value is -2.36. The van der Waals surface area contributed by atoms with E-state index in [2.05, 4.69) is 4.98 Å². The first-order valence-electron chi connectivity index (χ1n) is 7.72. The average Bonchev–Trinajstić information content (AvgIpc) is 2.89. The van der Waals surface area contributed by atoms with E-state index in [4.69, 9.17) is 0 Å². The number of hydrogen-bond acceptors (Lipinski definition) is 2. The molecule has 0 N–H and O–H groups in total. The minimum Gasteiger partial charge on any atom is -0.280 e. The van der Waals surface area contributed by atoms with Crippen molar-refractivity contribution in [2.24, 2.45) is 0 Å². The van der Waals surface area contributed by atoms with Gasteiger partial charge >= 0.3 is 0 Å². The summed E-state index contributed by atoms with van der Waals surface area (Å²) in [4.78, 5) is 19.3. The Morgan fingerprint density at radius 1 is 0.840 bits per heavy atom. The van der Waals surface area contributed by atoms with Crippen LogP contribution in [0, 0.1) is 0 Å². The third-order valence-corrected chi connectivity index (χ3v) is 4.23. The summed E-state index contributed by atoms with van der Waals surface area (Å²) >= 11 is 0. The molecule has 2 aromatic carbocycles. The first-order valence-corrected chi connectivity index (χ1v) is 7.72. The van der Waals surface area contributed by atoms with Crippen LogP contribution in [0.1, 0.15) is 17.2 Å². The largest absolute Gasteiger partial charge is 0.280 e. The molecule has 0 fully saturated rings. The zero-order valence-electron chi connectivity index (χ0n) is 13.4. The zero-order chi connectivity index (χ0) is 15.6. The van der Waals surface area contributed by atoms with E-state index in [0.29, 0.717) is 6.42 Å². The summed E-state index contributed by atoms with van der Waals surface area (Å²) in [6, 6.07) is 23.7. The predicted molar refractivity (Wildman–Crippen MR) is 105 cm³/mol. The van der Waals surface area contributed by atoms with Crippen LogP contribution in [-0.4, -0.2) is 10.9 Å². The van der Waals surface area contributed by atoms with Crippen LogP contribution in [0.15, 0.2) is 79.0 Å². The van der Waals surface area contributed by atoms with Crippen LogP contribution in [0.2, 0.25) is 0 Å². The summed E-state index contributed by atoms with van der Waals surface area (Å²) < 4.78 is 0. The van der Waals surface area contributed by atoms with Gasteiger partial charge in [-0.1, -0.05) is 42.5 Å². The summed E-state index contributed by atoms with van der Waals surface area (Å²) in [5.74, 6) is -0.0654. The molecule has 128 valence electrons. The van der Waals surface area contributed by atoms with Gasteiger partial charge in [0.15, 0.2) is 0 Å². The van der Waals surface area contributed by atoms with Crippen molar-refractivity contribution < 1.29 is 4.79 Å². The van der Waals surface area contributed by atoms with Crippen LogP contribution in [0.25, 0.3) is 0 Å². The molecule has 1 amide bonds. The second-order valence-electron chi connectivity index (χ2n) is 5.65. The van der Waals surface area contributed by atoms with Crippen molar-refractivity contribution in [2.75, 3.05) is 4.90 Å². The standard InChI is InChI=1S/C20H16N2O.2ClH/c23-20-18(14-15-8-6-7-13-21-15)17-11-4-5-12-19(17)22(20)16-9-2-1-3-10-16;;/h1-13,18H,14H2;2*1H. The summed E-state index contributed by atoms with van der Waals surface area (Å²) in [7, 11) is 0. The van der Waals surface area contributed by atoms with Gasteiger partial charge in [-0.3, -0.25) is 14.7 Å². The maximum atomic E-state index is 13.1. The minimum absolute atomic E-state index is 0. The van der Waals surface area contributed by atoms with Crippen LogP contribution in [-0.2, 0) is 11.2 Å². The molecule has 4 rings (SSSR count). The van der Waals surface area contributed by atoms with Gasteiger partial charge in [0, 0.05) is 24.0 Å². The van der Waals surface area contributed by atoms with Gasteiger partial charge in [-0.25, -0.2) is 0 Å². The Morgan fingerprint density at radius 3 is 2.24 bits per heavy atom. The number of anilines is 2. The lowest BCUT2D eigenvalue weighted by Gasteiger charge is -2.18. The Kier molecular flexibility index (Phi) is 6.18. The first kappa shape index (κ1) is 19.0. The van der Waals surface area contributed by atoms with E-state index in [1.807, 2.05) is 77.7 Å². The molecule has 5 heteroatoms. The smallest absolute Gasteiger partial charge is 0.239 e. The van der Waals surface area contributed by atoms with E-state index in [1.165, 1.54) is 0 Å². The molecule has 0 spiro atoms. The summed E-state index contributed by atoms with van der Waals surface area (Å²) in [5.41, 5.74) is 3.90. The van der Waals surface area contributed by atoms with Gasteiger partial charge in [-0.15, -0.1) is 24.8 Å². The Bertz CT molecular complexity index is 841. The fraction of sp³-hybridized carbons (Fsp3) is 0.100. The summed E-state index contributed by atoms with van der Waals surface area (Å²) in [5, 5.41) is 0.